The van der Waals surface area contributed by atoms with E-state index < -0.39 is 4.92 Å². The van der Waals surface area contributed by atoms with Crippen molar-refractivity contribution in [1.82, 2.24) is 5.32 Å². The highest BCUT2D eigenvalue weighted by molar-refractivity contribution is 6.30. The van der Waals surface area contributed by atoms with Crippen molar-refractivity contribution in [2.24, 2.45) is 0 Å². The van der Waals surface area contributed by atoms with Crippen LogP contribution in [0, 0.1) is 17.0 Å². The predicted octanol–water partition coefficient (Wildman–Crippen LogP) is 3.81. The van der Waals surface area contributed by atoms with E-state index in [1.807, 2.05) is 19.1 Å². The van der Waals surface area contributed by atoms with Gasteiger partial charge in [0.15, 0.2) is 12.4 Å². The second-order valence-corrected chi connectivity index (χ2v) is 5.79. The zero-order valence-corrected chi connectivity index (χ0v) is 14.0. The number of benzene rings is 2. The zero-order chi connectivity index (χ0) is 17.7. The summed E-state index contributed by atoms with van der Waals surface area (Å²) in [7, 11) is 0. The first-order valence-corrected chi connectivity index (χ1v) is 7.67. The maximum Gasteiger partial charge on any atom is 0.311 e. The van der Waals surface area contributed by atoms with Gasteiger partial charge >= 0.3 is 5.69 Å². The van der Waals surface area contributed by atoms with Crippen LogP contribution in [0.3, 0.4) is 0 Å². The van der Waals surface area contributed by atoms with Gasteiger partial charge in [-0.15, -0.1) is 0 Å². The van der Waals surface area contributed by atoms with E-state index >= 15 is 0 Å². The Morgan fingerprint density at radius 1 is 1.29 bits per heavy atom. The Labute approximate surface area is 144 Å². The molecule has 0 bridgehead atoms. The number of ether oxygens (including phenoxy) is 1. The summed E-state index contributed by atoms with van der Waals surface area (Å²) in [6.45, 7) is 3.27. The van der Waals surface area contributed by atoms with Gasteiger partial charge in [0.05, 0.1) is 11.0 Å². The number of nitro benzene ring substituents is 1. The molecule has 0 aromatic heterocycles. The molecular formula is C17H17ClN2O4. The minimum atomic E-state index is -0.531. The third kappa shape index (κ3) is 4.70. The summed E-state index contributed by atoms with van der Waals surface area (Å²) in [6, 6.07) is 11.5. The summed E-state index contributed by atoms with van der Waals surface area (Å²) in [5.74, 6) is -0.299. The van der Waals surface area contributed by atoms with Crippen LogP contribution in [-0.2, 0) is 4.79 Å². The molecule has 0 saturated carbocycles. The summed E-state index contributed by atoms with van der Waals surface area (Å²) < 4.78 is 5.30. The Hall–Kier alpha value is -2.60. The minimum absolute atomic E-state index is 0.0693. The molecule has 0 spiro atoms. The Kier molecular flexibility index (Phi) is 5.76. The molecule has 1 amide bonds. The minimum Gasteiger partial charge on any atom is -0.477 e. The molecule has 1 N–H and O–H groups in total. The van der Waals surface area contributed by atoms with Crippen LogP contribution in [0.4, 0.5) is 5.69 Å². The van der Waals surface area contributed by atoms with E-state index in [4.69, 9.17) is 16.3 Å². The van der Waals surface area contributed by atoms with Gasteiger partial charge in [0.1, 0.15) is 0 Å². The van der Waals surface area contributed by atoms with Crippen LogP contribution in [0.5, 0.6) is 5.75 Å². The topological polar surface area (TPSA) is 81.5 Å². The van der Waals surface area contributed by atoms with Crippen LogP contribution in [0.15, 0.2) is 42.5 Å². The van der Waals surface area contributed by atoms with E-state index in [0.717, 1.165) is 11.1 Å². The van der Waals surface area contributed by atoms with Crippen LogP contribution >= 0.6 is 11.6 Å². The van der Waals surface area contributed by atoms with Crippen molar-refractivity contribution in [1.29, 1.82) is 0 Å². The largest absolute Gasteiger partial charge is 0.477 e. The van der Waals surface area contributed by atoms with Gasteiger partial charge in [-0.1, -0.05) is 29.8 Å². The summed E-state index contributed by atoms with van der Waals surface area (Å²) >= 11 is 5.83. The van der Waals surface area contributed by atoms with Crippen LogP contribution in [-0.4, -0.2) is 17.4 Å². The van der Waals surface area contributed by atoms with Crippen molar-refractivity contribution >= 4 is 23.2 Å². The van der Waals surface area contributed by atoms with E-state index in [1.165, 1.54) is 12.1 Å². The molecular weight excluding hydrogens is 332 g/mol. The maximum absolute atomic E-state index is 12.0. The Morgan fingerprint density at radius 3 is 2.58 bits per heavy atom. The molecule has 0 aliphatic rings. The monoisotopic (exact) mass is 348 g/mol. The molecule has 0 heterocycles. The lowest BCUT2D eigenvalue weighted by atomic mass is 10.1. The van der Waals surface area contributed by atoms with Gasteiger partial charge in [0.2, 0.25) is 0 Å². The highest BCUT2D eigenvalue weighted by Crippen LogP contribution is 2.27. The molecule has 0 fully saturated rings. The van der Waals surface area contributed by atoms with Gasteiger partial charge in [-0.05, 0) is 43.2 Å². The molecule has 1 unspecified atom stereocenters. The van der Waals surface area contributed by atoms with E-state index in [1.54, 1.807) is 25.1 Å². The number of nitrogens with one attached hydrogen (secondary N) is 1. The van der Waals surface area contributed by atoms with Crippen molar-refractivity contribution < 1.29 is 14.5 Å². The van der Waals surface area contributed by atoms with Crippen LogP contribution in [0.2, 0.25) is 5.02 Å². The average Bonchev–Trinajstić information content (AvgIpc) is 2.54. The summed E-state index contributed by atoms with van der Waals surface area (Å²) in [6.07, 6.45) is 0. The molecule has 6 nitrogen and oxygen atoms in total. The van der Waals surface area contributed by atoms with Gasteiger partial charge in [-0.2, -0.15) is 0 Å². The number of carbonyl (C=O) groups is 1. The van der Waals surface area contributed by atoms with Gasteiger partial charge in [-0.3, -0.25) is 14.9 Å². The SMILES string of the molecule is Cc1ccc(OCC(=O)NC(C)c2ccc(Cl)cc2)c([N+](=O)[O-])c1. The number of halogens is 1. The lowest BCUT2D eigenvalue weighted by molar-refractivity contribution is -0.385. The predicted molar refractivity (Wildman–Crippen MR) is 91.3 cm³/mol. The van der Waals surface area contributed by atoms with Crippen LogP contribution in [0.1, 0.15) is 24.1 Å². The Bertz CT molecular complexity index is 747. The summed E-state index contributed by atoms with van der Waals surface area (Å²) in [4.78, 5) is 22.5. The number of nitro groups is 1. The number of rotatable bonds is 6. The fraction of sp³-hybridized carbons (Fsp3) is 0.235. The molecule has 0 aliphatic heterocycles. The molecule has 2 rings (SSSR count). The first kappa shape index (κ1) is 17.7. The quantitative estimate of drug-likeness (QED) is 0.635. The Morgan fingerprint density at radius 2 is 1.96 bits per heavy atom. The second kappa shape index (κ2) is 7.79. The van der Waals surface area contributed by atoms with Gasteiger partial charge in [0, 0.05) is 11.1 Å². The first-order valence-electron chi connectivity index (χ1n) is 7.29. The van der Waals surface area contributed by atoms with E-state index in [0.29, 0.717) is 5.02 Å². The third-order valence-electron chi connectivity index (χ3n) is 3.42. The summed E-state index contributed by atoms with van der Waals surface area (Å²) in [5, 5.41) is 14.4. The highest BCUT2D eigenvalue weighted by Gasteiger charge is 2.17. The smallest absolute Gasteiger partial charge is 0.311 e. The molecule has 0 saturated heterocycles. The zero-order valence-electron chi connectivity index (χ0n) is 13.3. The molecule has 1 atom stereocenters. The average molecular weight is 349 g/mol. The first-order chi connectivity index (χ1) is 11.4. The fourth-order valence-electron chi connectivity index (χ4n) is 2.15. The van der Waals surface area contributed by atoms with Crippen molar-refractivity contribution in [2.75, 3.05) is 6.61 Å². The lowest BCUT2D eigenvalue weighted by Gasteiger charge is -2.15. The maximum atomic E-state index is 12.0. The molecule has 0 radical (unpaired) electrons. The second-order valence-electron chi connectivity index (χ2n) is 5.36. The van der Waals surface area contributed by atoms with E-state index in [-0.39, 0.29) is 30.0 Å². The number of aryl methyl sites for hydroxylation is 1. The van der Waals surface area contributed by atoms with Crippen molar-refractivity contribution in [2.45, 2.75) is 19.9 Å². The number of amides is 1. The highest BCUT2D eigenvalue weighted by atomic mass is 35.5. The molecule has 0 aliphatic carbocycles. The van der Waals surface area contributed by atoms with Crippen LogP contribution < -0.4 is 10.1 Å². The number of hydrogen-bond acceptors (Lipinski definition) is 4. The fourth-order valence-corrected chi connectivity index (χ4v) is 2.28. The van der Waals surface area contributed by atoms with Crippen LogP contribution in [0.25, 0.3) is 0 Å². The van der Waals surface area contributed by atoms with Crippen molar-refractivity contribution in [3.8, 4) is 5.75 Å². The van der Waals surface area contributed by atoms with Crippen molar-refractivity contribution in [3.05, 3.63) is 68.7 Å². The molecule has 7 heteroatoms. The number of carbonyl (C=O) groups excluding carboxylic acids is 1. The molecule has 126 valence electrons. The Balaban J connectivity index is 1.96. The molecule has 2 aromatic carbocycles. The van der Waals surface area contributed by atoms with Gasteiger partial charge in [-0.25, -0.2) is 0 Å². The van der Waals surface area contributed by atoms with E-state index in [9.17, 15) is 14.9 Å². The number of hydrogen-bond donors (Lipinski definition) is 1. The number of nitrogens with zero attached hydrogens (tertiary/aromatic N) is 1. The lowest BCUT2D eigenvalue weighted by Crippen LogP contribution is -2.31. The van der Waals surface area contributed by atoms with Crippen molar-refractivity contribution in [3.63, 3.8) is 0 Å². The van der Waals surface area contributed by atoms with Gasteiger partial charge < -0.3 is 10.1 Å². The molecule has 24 heavy (non-hydrogen) atoms. The summed E-state index contributed by atoms with van der Waals surface area (Å²) in [5.41, 5.74) is 1.48. The van der Waals surface area contributed by atoms with Gasteiger partial charge in [0.25, 0.3) is 5.91 Å². The molecule has 2 aromatic rings. The standard InChI is InChI=1S/C17H17ClN2O4/c1-11-3-8-16(15(9-11)20(22)23)24-10-17(21)19-12(2)13-4-6-14(18)7-5-13/h3-9,12H,10H2,1-2H3,(H,19,21). The normalized spacial score (nSPS) is 11.6. The third-order valence-corrected chi connectivity index (χ3v) is 3.67. The van der Waals surface area contributed by atoms with E-state index in [2.05, 4.69) is 5.32 Å².